The number of hydrogen-bond donors (Lipinski definition) is 0. The average molecular weight is 216 g/mol. The Morgan fingerprint density at radius 3 is 2.44 bits per heavy atom. The van der Waals surface area contributed by atoms with Crippen LogP contribution in [0.1, 0.15) is 33.3 Å². The van der Waals surface area contributed by atoms with Crippen LogP contribution in [0.3, 0.4) is 0 Å². The molecule has 0 saturated carbocycles. The SMILES string of the molecule is C=C(C)c1cccc([N+](=C=O)C(C)(C)C)c1. The molecule has 1 rings (SSSR count). The second-order valence-corrected chi connectivity index (χ2v) is 4.93. The molecule has 1 aromatic rings. The molecular weight excluding hydrogens is 198 g/mol. The molecule has 0 atom stereocenters. The minimum Gasteiger partial charge on any atom is -0.159 e. The minimum atomic E-state index is -0.268. The molecule has 0 unspecified atom stereocenters. The number of isocyanates is 1. The standard InChI is InChI=1S/C14H18NO/c1-11(2)12-7-6-8-13(9-12)15(10-16)14(3,4)5/h6-9H,1H2,2-5H3/q+1. The van der Waals surface area contributed by atoms with Crippen molar-refractivity contribution in [2.24, 2.45) is 0 Å². The Hall–Kier alpha value is -1.66. The lowest BCUT2D eigenvalue weighted by atomic mass is 10.0. The average Bonchev–Trinajstić information content (AvgIpc) is 2.17. The Labute approximate surface area is 96.9 Å². The molecule has 0 heterocycles. The first-order chi connectivity index (χ1) is 7.36. The van der Waals surface area contributed by atoms with Crippen molar-refractivity contribution >= 4 is 17.3 Å². The highest BCUT2D eigenvalue weighted by Gasteiger charge is 2.27. The molecule has 2 nitrogen and oxygen atoms in total. The maximum atomic E-state index is 11.0. The van der Waals surface area contributed by atoms with E-state index in [-0.39, 0.29) is 5.54 Å². The molecule has 0 amide bonds. The van der Waals surface area contributed by atoms with E-state index in [0.29, 0.717) is 0 Å². The summed E-state index contributed by atoms with van der Waals surface area (Å²) in [4.78, 5) is 11.0. The number of allylic oxidation sites excluding steroid dienone is 1. The zero-order chi connectivity index (χ0) is 12.3. The topological polar surface area (TPSA) is 20.1 Å². The van der Waals surface area contributed by atoms with Gasteiger partial charge in [0, 0.05) is 32.9 Å². The van der Waals surface area contributed by atoms with Gasteiger partial charge in [-0.1, -0.05) is 24.3 Å². The van der Waals surface area contributed by atoms with Crippen molar-refractivity contribution in [3.05, 3.63) is 36.4 Å². The number of rotatable bonds is 2. The molecule has 0 N–H and O–H groups in total. The molecular formula is C14H18NO+. The lowest BCUT2D eigenvalue weighted by Gasteiger charge is -2.13. The van der Waals surface area contributed by atoms with E-state index in [1.165, 1.54) is 0 Å². The quantitative estimate of drug-likeness (QED) is 0.421. The van der Waals surface area contributed by atoms with E-state index >= 15 is 0 Å². The van der Waals surface area contributed by atoms with E-state index in [0.717, 1.165) is 16.8 Å². The highest BCUT2D eigenvalue weighted by atomic mass is 16.1. The summed E-state index contributed by atoms with van der Waals surface area (Å²) in [6.07, 6.45) is 1.98. The molecule has 2 heteroatoms. The van der Waals surface area contributed by atoms with Gasteiger partial charge in [0.05, 0.1) is 0 Å². The monoisotopic (exact) mass is 216 g/mol. The van der Waals surface area contributed by atoms with Crippen molar-refractivity contribution in [2.75, 3.05) is 0 Å². The van der Waals surface area contributed by atoms with Crippen molar-refractivity contribution in [3.8, 4) is 0 Å². The Morgan fingerprint density at radius 2 is 2.00 bits per heavy atom. The normalized spacial score (nSPS) is 10.8. The zero-order valence-corrected chi connectivity index (χ0v) is 10.4. The van der Waals surface area contributed by atoms with Crippen LogP contribution in [-0.2, 0) is 4.79 Å². The summed E-state index contributed by atoms with van der Waals surface area (Å²) >= 11 is 0. The Kier molecular flexibility index (Phi) is 3.46. The van der Waals surface area contributed by atoms with Crippen LogP contribution in [0.2, 0.25) is 0 Å². The fourth-order valence-corrected chi connectivity index (χ4v) is 1.49. The predicted molar refractivity (Wildman–Crippen MR) is 66.5 cm³/mol. The molecule has 84 valence electrons. The van der Waals surface area contributed by atoms with E-state index in [2.05, 4.69) is 6.58 Å². The summed E-state index contributed by atoms with van der Waals surface area (Å²) in [6.45, 7) is 11.8. The van der Waals surface area contributed by atoms with Crippen LogP contribution in [0.4, 0.5) is 5.69 Å². The van der Waals surface area contributed by atoms with Crippen molar-refractivity contribution in [1.29, 1.82) is 0 Å². The van der Waals surface area contributed by atoms with Gasteiger partial charge in [0.25, 0.3) is 0 Å². The molecule has 0 bridgehead atoms. The molecule has 0 saturated heterocycles. The lowest BCUT2D eigenvalue weighted by molar-refractivity contribution is -0.517. The summed E-state index contributed by atoms with van der Waals surface area (Å²) in [6, 6.07) is 7.77. The van der Waals surface area contributed by atoms with Crippen LogP contribution in [-0.4, -0.2) is 16.2 Å². The van der Waals surface area contributed by atoms with E-state index in [1.54, 1.807) is 4.58 Å². The van der Waals surface area contributed by atoms with Gasteiger partial charge < -0.3 is 0 Å². The minimum absolute atomic E-state index is 0.268. The molecule has 0 aromatic heterocycles. The zero-order valence-electron chi connectivity index (χ0n) is 10.4. The third-order valence-electron chi connectivity index (χ3n) is 2.36. The molecule has 16 heavy (non-hydrogen) atoms. The van der Waals surface area contributed by atoms with Crippen LogP contribution in [0, 0.1) is 0 Å². The van der Waals surface area contributed by atoms with Crippen LogP contribution in [0.5, 0.6) is 0 Å². The van der Waals surface area contributed by atoms with Gasteiger partial charge in [-0.3, -0.25) is 0 Å². The van der Waals surface area contributed by atoms with Crippen molar-refractivity contribution in [3.63, 3.8) is 0 Å². The number of carbonyl (C=O) groups excluding carboxylic acids is 1. The summed E-state index contributed by atoms with van der Waals surface area (Å²) in [5.74, 6) is 0. The summed E-state index contributed by atoms with van der Waals surface area (Å²) in [7, 11) is 0. The maximum Gasteiger partial charge on any atom is 0.431 e. The maximum absolute atomic E-state index is 11.0. The fraction of sp³-hybridized carbons (Fsp3) is 0.357. The fourth-order valence-electron chi connectivity index (χ4n) is 1.49. The number of hydrogen-bond acceptors (Lipinski definition) is 1. The van der Waals surface area contributed by atoms with Crippen molar-refractivity contribution in [1.82, 2.24) is 0 Å². The van der Waals surface area contributed by atoms with Gasteiger partial charge in [-0.05, 0) is 12.5 Å². The van der Waals surface area contributed by atoms with Gasteiger partial charge >= 0.3 is 6.08 Å². The van der Waals surface area contributed by atoms with Gasteiger partial charge in [0.1, 0.15) is 0 Å². The van der Waals surface area contributed by atoms with Gasteiger partial charge in [-0.25, -0.2) is 0 Å². The Morgan fingerprint density at radius 1 is 1.38 bits per heavy atom. The van der Waals surface area contributed by atoms with Crippen molar-refractivity contribution in [2.45, 2.75) is 33.2 Å². The predicted octanol–water partition coefficient (Wildman–Crippen LogP) is 3.50. The molecule has 0 radical (unpaired) electrons. The van der Waals surface area contributed by atoms with Crippen LogP contribution < -0.4 is 0 Å². The van der Waals surface area contributed by atoms with Gasteiger partial charge in [-0.2, -0.15) is 4.79 Å². The summed E-state index contributed by atoms with van der Waals surface area (Å²) in [5.41, 5.74) is 2.61. The Bertz CT molecular complexity index is 460. The Balaban J connectivity index is 3.29. The second kappa shape index (κ2) is 4.46. The molecule has 0 fully saturated rings. The first-order valence-corrected chi connectivity index (χ1v) is 5.30. The highest BCUT2D eigenvalue weighted by Crippen LogP contribution is 2.23. The summed E-state index contributed by atoms with van der Waals surface area (Å²) in [5, 5.41) is 0. The molecule has 0 aliphatic heterocycles. The first-order valence-electron chi connectivity index (χ1n) is 5.30. The lowest BCUT2D eigenvalue weighted by Crippen LogP contribution is -2.28. The van der Waals surface area contributed by atoms with Crippen LogP contribution in [0.25, 0.3) is 5.57 Å². The smallest absolute Gasteiger partial charge is 0.159 e. The van der Waals surface area contributed by atoms with Crippen molar-refractivity contribution < 1.29 is 9.37 Å². The van der Waals surface area contributed by atoms with E-state index in [1.807, 2.05) is 58.0 Å². The van der Waals surface area contributed by atoms with E-state index in [4.69, 9.17) is 0 Å². The third-order valence-corrected chi connectivity index (χ3v) is 2.36. The second-order valence-electron chi connectivity index (χ2n) is 4.93. The van der Waals surface area contributed by atoms with Gasteiger partial charge in [-0.15, -0.1) is 4.58 Å². The molecule has 0 spiro atoms. The molecule has 0 aliphatic carbocycles. The van der Waals surface area contributed by atoms with Crippen LogP contribution >= 0.6 is 0 Å². The molecule has 1 aromatic carbocycles. The third kappa shape index (κ3) is 2.68. The van der Waals surface area contributed by atoms with E-state index < -0.39 is 0 Å². The summed E-state index contributed by atoms with van der Waals surface area (Å²) < 4.78 is 1.60. The van der Waals surface area contributed by atoms with Gasteiger partial charge in [0.15, 0.2) is 5.54 Å². The van der Waals surface area contributed by atoms with Crippen LogP contribution in [0.15, 0.2) is 30.8 Å². The number of benzene rings is 1. The molecule has 0 aliphatic rings. The first kappa shape index (κ1) is 12.4. The van der Waals surface area contributed by atoms with E-state index in [9.17, 15) is 4.79 Å². The van der Waals surface area contributed by atoms with Gasteiger partial charge in [0.2, 0.25) is 5.69 Å². The highest BCUT2D eigenvalue weighted by molar-refractivity contribution is 5.63. The number of nitrogens with zero attached hydrogens (tertiary/aromatic N) is 1. The largest absolute Gasteiger partial charge is 0.431 e.